The fourth-order valence-electron chi connectivity index (χ4n) is 2.73. The van der Waals surface area contributed by atoms with Crippen LogP contribution in [-0.2, 0) is 33.0 Å². The van der Waals surface area contributed by atoms with Gasteiger partial charge >= 0.3 is 0 Å². The maximum absolute atomic E-state index is 12.7. The quantitative estimate of drug-likeness (QED) is 0.759. The molecule has 0 saturated carbocycles. The molecular formula is C14H19N5O4S2. The number of sulfonamides is 2. The van der Waals surface area contributed by atoms with Gasteiger partial charge in [-0.25, -0.2) is 36.4 Å². The molecule has 136 valence electrons. The molecule has 3 rings (SSSR count). The van der Waals surface area contributed by atoms with Crippen molar-refractivity contribution in [1.29, 1.82) is 0 Å². The van der Waals surface area contributed by atoms with E-state index in [1.54, 1.807) is 4.68 Å². The zero-order chi connectivity index (χ0) is 18.2. The van der Waals surface area contributed by atoms with Crippen molar-refractivity contribution in [3.8, 4) is 0 Å². The summed E-state index contributed by atoms with van der Waals surface area (Å²) in [5, 5.41) is 9.41. The summed E-state index contributed by atoms with van der Waals surface area (Å²) in [4.78, 5) is 3.98. The normalized spacial score (nSPS) is 18.1. The smallest absolute Gasteiger partial charge is 0.241 e. The lowest BCUT2D eigenvalue weighted by molar-refractivity contribution is 0.399. The summed E-state index contributed by atoms with van der Waals surface area (Å²) in [6, 6.07) is 4.45. The highest BCUT2D eigenvalue weighted by atomic mass is 32.2. The average Bonchev–Trinajstić information content (AvgIpc) is 2.98. The highest BCUT2D eigenvalue weighted by molar-refractivity contribution is 7.90. The Bertz CT molecular complexity index is 998. The molecule has 0 fully saturated rings. The Balaban J connectivity index is 1.92. The van der Waals surface area contributed by atoms with Crippen LogP contribution >= 0.6 is 0 Å². The van der Waals surface area contributed by atoms with E-state index < -0.39 is 26.1 Å². The lowest BCUT2D eigenvalue weighted by Crippen LogP contribution is -2.33. The van der Waals surface area contributed by atoms with Crippen LogP contribution in [0, 0.1) is 0 Å². The molecular weight excluding hydrogens is 366 g/mol. The number of nitrogens with one attached hydrogen (secondary N) is 1. The van der Waals surface area contributed by atoms with Crippen molar-refractivity contribution >= 4 is 20.0 Å². The van der Waals surface area contributed by atoms with Gasteiger partial charge in [-0.2, -0.15) is 5.10 Å². The second kappa shape index (κ2) is 6.48. The van der Waals surface area contributed by atoms with Crippen LogP contribution in [0.25, 0.3) is 0 Å². The Kier molecular flexibility index (Phi) is 4.66. The zero-order valence-corrected chi connectivity index (χ0v) is 15.2. The Labute approximate surface area is 146 Å². The van der Waals surface area contributed by atoms with Crippen molar-refractivity contribution in [3.05, 3.63) is 35.9 Å². The third-order valence-corrected chi connectivity index (χ3v) is 6.36. The molecule has 3 N–H and O–H groups in total. The molecule has 2 aromatic rings. The van der Waals surface area contributed by atoms with E-state index in [1.807, 2.05) is 6.92 Å². The summed E-state index contributed by atoms with van der Waals surface area (Å²) in [7, 11) is -7.92. The maximum Gasteiger partial charge on any atom is 0.241 e. The molecule has 0 radical (unpaired) electrons. The molecule has 9 nitrogen and oxygen atoms in total. The standard InChI is InChI=1S/C14H19N5O4S2/c1-2-13-16-14-12(7-4-8-19(14)17-13)18-25(22,23)11-6-3-5-10(9-11)24(15,20)21/h3,5-6,9,12,18H,2,4,7-8H2,1H3,(H2,15,20,21)/t12-/m1/s1. The summed E-state index contributed by atoms with van der Waals surface area (Å²) in [6.07, 6.45) is 2.02. The number of hydrogen-bond acceptors (Lipinski definition) is 6. The number of primary sulfonamides is 1. The predicted molar refractivity (Wildman–Crippen MR) is 89.5 cm³/mol. The van der Waals surface area contributed by atoms with Crippen molar-refractivity contribution in [1.82, 2.24) is 19.5 Å². The van der Waals surface area contributed by atoms with Gasteiger partial charge in [0.1, 0.15) is 5.82 Å². The fraction of sp³-hybridized carbons (Fsp3) is 0.429. The van der Waals surface area contributed by atoms with Gasteiger partial charge in [0.25, 0.3) is 0 Å². The zero-order valence-electron chi connectivity index (χ0n) is 13.6. The van der Waals surface area contributed by atoms with Crippen LogP contribution in [0.3, 0.4) is 0 Å². The van der Waals surface area contributed by atoms with E-state index in [2.05, 4.69) is 14.8 Å². The van der Waals surface area contributed by atoms with Crippen molar-refractivity contribution in [2.45, 2.75) is 48.6 Å². The van der Waals surface area contributed by atoms with Crippen LogP contribution in [0.2, 0.25) is 0 Å². The lowest BCUT2D eigenvalue weighted by Gasteiger charge is -2.23. The number of nitrogens with zero attached hydrogens (tertiary/aromatic N) is 3. The van der Waals surface area contributed by atoms with Crippen LogP contribution in [0.5, 0.6) is 0 Å². The molecule has 0 saturated heterocycles. The number of benzene rings is 1. The van der Waals surface area contributed by atoms with Crippen LogP contribution in [0.1, 0.15) is 37.5 Å². The van der Waals surface area contributed by atoms with Gasteiger partial charge in [0, 0.05) is 13.0 Å². The number of fused-ring (bicyclic) bond motifs is 1. The Morgan fingerprint density at radius 1 is 1.28 bits per heavy atom. The van der Waals surface area contributed by atoms with Crippen molar-refractivity contribution < 1.29 is 16.8 Å². The Morgan fingerprint density at radius 3 is 2.68 bits per heavy atom. The summed E-state index contributed by atoms with van der Waals surface area (Å²) in [5.74, 6) is 1.24. The summed E-state index contributed by atoms with van der Waals surface area (Å²) in [5.41, 5.74) is 0. The molecule has 0 spiro atoms. The number of aryl methyl sites for hydroxylation is 2. The molecule has 1 aromatic carbocycles. The van der Waals surface area contributed by atoms with Crippen molar-refractivity contribution in [3.63, 3.8) is 0 Å². The van der Waals surface area contributed by atoms with Gasteiger partial charge < -0.3 is 0 Å². The molecule has 1 aliphatic heterocycles. The van der Waals surface area contributed by atoms with Gasteiger partial charge in [-0.05, 0) is 31.0 Å². The molecule has 1 atom stereocenters. The van der Waals surface area contributed by atoms with Gasteiger partial charge in [0.05, 0.1) is 15.8 Å². The average molecular weight is 385 g/mol. The van der Waals surface area contributed by atoms with Crippen LogP contribution in [-0.4, -0.2) is 31.6 Å². The van der Waals surface area contributed by atoms with E-state index in [1.165, 1.54) is 18.2 Å². The topological polar surface area (TPSA) is 137 Å². The minimum absolute atomic E-state index is 0.161. The highest BCUT2D eigenvalue weighted by Gasteiger charge is 2.29. The third kappa shape index (κ3) is 3.73. The van der Waals surface area contributed by atoms with Gasteiger partial charge in [0.15, 0.2) is 5.82 Å². The second-order valence-electron chi connectivity index (χ2n) is 5.80. The summed E-state index contributed by atoms with van der Waals surface area (Å²) >= 11 is 0. The van der Waals surface area contributed by atoms with Crippen LogP contribution < -0.4 is 9.86 Å². The summed E-state index contributed by atoms with van der Waals surface area (Å²) < 4.78 is 52.5. The first-order valence-electron chi connectivity index (χ1n) is 7.79. The van der Waals surface area contributed by atoms with Crippen LogP contribution in [0.4, 0.5) is 0 Å². The number of rotatable bonds is 5. The van der Waals surface area contributed by atoms with E-state index in [9.17, 15) is 16.8 Å². The van der Waals surface area contributed by atoms with Crippen LogP contribution in [0.15, 0.2) is 34.1 Å². The van der Waals surface area contributed by atoms with E-state index in [-0.39, 0.29) is 9.79 Å². The largest absolute Gasteiger partial charge is 0.248 e. The second-order valence-corrected chi connectivity index (χ2v) is 9.07. The fourth-order valence-corrected chi connectivity index (χ4v) is 4.64. The van der Waals surface area contributed by atoms with E-state index in [0.29, 0.717) is 31.0 Å². The first-order chi connectivity index (χ1) is 11.7. The monoisotopic (exact) mass is 385 g/mol. The van der Waals surface area contributed by atoms with E-state index >= 15 is 0 Å². The van der Waals surface area contributed by atoms with Gasteiger partial charge in [-0.3, -0.25) is 0 Å². The first-order valence-corrected chi connectivity index (χ1v) is 10.8. The van der Waals surface area contributed by atoms with E-state index in [4.69, 9.17) is 5.14 Å². The first kappa shape index (κ1) is 18.0. The molecule has 1 aromatic heterocycles. The molecule has 0 unspecified atom stereocenters. The number of nitrogens with two attached hydrogens (primary N) is 1. The molecule has 2 heterocycles. The number of aromatic nitrogens is 3. The maximum atomic E-state index is 12.7. The van der Waals surface area contributed by atoms with Gasteiger partial charge in [-0.1, -0.05) is 13.0 Å². The molecule has 25 heavy (non-hydrogen) atoms. The Morgan fingerprint density at radius 2 is 2.00 bits per heavy atom. The molecule has 0 aliphatic carbocycles. The van der Waals surface area contributed by atoms with Crippen molar-refractivity contribution in [2.75, 3.05) is 0 Å². The Hall–Kier alpha value is -1.82. The summed E-state index contributed by atoms with van der Waals surface area (Å²) in [6.45, 7) is 2.63. The minimum atomic E-state index is -3.99. The SMILES string of the molecule is CCc1nc2n(n1)CCC[C@H]2NS(=O)(=O)c1cccc(S(N)(=O)=O)c1. The number of hydrogen-bond donors (Lipinski definition) is 2. The highest BCUT2D eigenvalue weighted by Crippen LogP contribution is 2.26. The molecule has 0 bridgehead atoms. The van der Waals surface area contributed by atoms with Gasteiger partial charge in [0.2, 0.25) is 20.0 Å². The molecule has 1 aliphatic rings. The minimum Gasteiger partial charge on any atom is -0.248 e. The lowest BCUT2D eigenvalue weighted by atomic mass is 10.1. The van der Waals surface area contributed by atoms with Gasteiger partial charge in [-0.15, -0.1) is 0 Å². The predicted octanol–water partition coefficient (Wildman–Crippen LogP) is 0.301. The molecule has 11 heteroatoms. The van der Waals surface area contributed by atoms with Crippen molar-refractivity contribution in [2.24, 2.45) is 5.14 Å². The molecule has 0 amide bonds. The van der Waals surface area contributed by atoms with E-state index in [0.717, 1.165) is 12.5 Å². The third-order valence-electron chi connectivity index (χ3n) is 3.98.